The van der Waals surface area contributed by atoms with Gasteiger partial charge in [0.15, 0.2) is 6.10 Å². The van der Waals surface area contributed by atoms with E-state index in [1.54, 1.807) is 6.92 Å². The number of carbonyl (C=O) groups excluding carboxylic acids is 2. The molecule has 1 rings (SSSR count). The third kappa shape index (κ3) is 24.8. The van der Waals surface area contributed by atoms with Crippen LogP contribution in [0.4, 0.5) is 0 Å². The van der Waals surface area contributed by atoms with E-state index < -0.39 is 91.3 Å². The van der Waals surface area contributed by atoms with E-state index in [0.29, 0.717) is 6.42 Å². The van der Waals surface area contributed by atoms with Gasteiger partial charge in [-0.2, -0.15) is 0 Å². The highest BCUT2D eigenvalue weighted by atomic mass is 31.2. The summed E-state index contributed by atoms with van der Waals surface area (Å²) in [4.78, 5) is 72.1. The van der Waals surface area contributed by atoms with E-state index in [9.17, 15) is 53.3 Å². The van der Waals surface area contributed by atoms with Crippen LogP contribution in [0.1, 0.15) is 104 Å². The number of aliphatic hydroxyl groups is 3. The molecular formula is C35H53O19P3. The molecule has 0 heterocycles. The minimum absolute atomic E-state index is 0.0640. The van der Waals surface area contributed by atoms with Crippen LogP contribution >= 0.6 is 23.5 Å². The van der Waals surface area contributed by atoms with Gasteiger partial charge >= 0.3 is 35.4 Å². The van der Waals surface area contributed by atoms with Crippen LogP contribution in [0.3, 0.4) is 0 Å². The smallest absolute Gasteiger partial charge is 0.456 e. The van der Waals surface area contributed by atoms with Crippen LogP contribution in [0.25, 0.3) is 0 Å². The van der Waals surface area contributed by atoms with Crippen LogP contribution in [0.5, 0.6) is 0 Å². The van der Waals surface area contributed by atoms with Crippen molar-refractivity contribution in [3.8, 4) is 47.4 Å². The van der Waals surface area contributed by atoms with E-state index in [0.717, 1.165) is 32.1 Å². The predicted octanol–water partition coefficient (Wildman–Crippen LogP) is 2.51. The van der Waals surface area contributed by atoms with Gasteiger partial charge < -0.3 is 49.3 Å². The topological polar surface area (TPSA) is 303 Å². The maximum absolute atomic E-state index is 12.9. The summed E-state index contributed by atoms with van der Waals surface area (Å²) in [5.41, 5.74) is 0. The summed E-state index contributed by atoms with van der Waals surface area (Å²) in [7, 11) is -16.7. The molecule has 8 N–H and O–H groups in total. The molecule has 0 bridgehead atoms. The molecule has 0 radical (unpaired) electrons. The first-order chi connectivity index (χ1) is 26.8. The second kappa shape index (κ2) is 28.0. The van der Waals surface area contributed by atoms with Crippen molar-refractivity contribution in [1.29, 1.82) is 0 Å². The van der Waals surface area contributed by atoms with Gasteiger partial charge in [0.2, 0.25) is 0 Å². The van der Waals surface area contributed by atoms with Gasteiger partial charge in [-0.3, -0.25) is 22.9 Å². The van der Waals surface area contributed by atoms with Crippen LogP contribution in [0, 0.1) is 47.4 Å². The Hall–Kier alpha value is -2.61. The minimum atomic E-state index is -5.61. The number of unbranched alkanes of at least 4 members (excludes halogenated alkanes) is 12. The lowest BCUT2D eigenvalue weighted by atomic mass is 9.85. The molecule has 19 nitrogen and oxygen atoms in total. The number of phosphoric ester groups is 3. The monoisotopic (exact) mass is 870 g/mol. The molecule has 322 valence electrons. The summed E-state index contributed by atoms with van der Waals surface area (Å²) in [5.74, 6) is 16.6. The number of carbonyl (C=O) groups is 2. The lowest BCUT2D eigenvalue weighted by molar-refractivity contribution is -0.213. The maximum atomic E-state index is 12.9. The fourth-order valence-electron chi connectivity index (χ4n) is 5.34. The molecule has 0 amide bonds. The Morgan fingerprint density at radius 1 is 0.596 bits per heavy atom. The number of ether oxygens (including phenoxy) is 2. The largest absolute Gasteiger partial charge is 0.472 e. The summed E-state index contributed by atoms with van der Waals surface area (Å²) < 4.78 is 64.3. The molecule has 0 saturated heterocycles. The number of hydrogen-bond donors (Lipinski definition) is 8. The molecule has 57 heavy (non-hydrogen) atoms. The van der Waals surface area contributed by atoms with Crippen LogP contribution in [-0.2, 0) is 50.9 Å². The van der Waals surface area contributed by atoms with Gasteiger partial charge in [0.05, 0.1) is 6.61 Å². The van der Waals surface area contributed by atoms with Crippen LogP contribution in [-0.4, -0.2) is 108 Å². The second-order valence-electron chi connectivity index (χ2n) is 12.8. The van der Waals surface area contributed by atoms with Crippen molar-refractivity contribution in [2.24, 2.45) is 0 Å². The highest BCUT2D eigenvalue weighted by molar-refractivity contribution is 7.47. The SMILES string of the molecule is CC#CC#CC#CC#CC(=O)OC[C@H](COP(=O)(O)OC1C(O)[C@H](O)[C@@H](OP(=O)(O)O)C(OP(=O)(O)O)[C@@H]1O)OC(=O)CCCCCCCCCCCCCCC. The quantitative estimate of drug-likeness (QED) is 0.0204. The number of aliphatic hydroxyl groups excluding tert-OH is 3. The lowest BCUT2D eigenvalue weighted by Crippen LogP contribution is -2.65. The van der Waals surface area contributed by atoms with E-state index in [4.69, 9.17) is 28.3 Å². The first kappa shape index (κ1) is 52.4. The average molecular weight is 871 g/mol. The zero-order valence-electron chi connectivity index (χ0n) is 31.8. The van der Waals surface area contributed by atoms with Crippen molar-refractivity contribution in [3.05, 3.63) is 0 Å². The van der Waals surface area contributed by atoms with Gasteiger partial charge in [0, 0.05) is 12.3 Å². The molecule has 0 aromatic rings. The standard InChI is InChI=1S/C35H53O19P3/c1-3-5-7-9-11-12-13-14-15-16-18-20-22-24-29(37)51-27(25-49-28(36)23-21-19-17-10-8-6-4-2)26-50-57(47,48)54-33-30(38)31(39)34(52-55(41,42)43)35(32(33)40)53-56(44,45)46/h27,30-35,38-40H,3,5,7,9,11-16,18,20,22,24-26H2,1-2H3,(H,47,48)(H2,41,42,43)(H2,44,45,46)/t27-,30?,31+,32-,33?,34-,35?/m1/s1. The van der Waals surface area contributed by atoms with Gasteiger partial charge in [-0.05, 0) is 48.9 Å². The second-order valence-corrected chi connectivity index (χ2v) is 16.5. The first-order valence-corrected chi connectivity index (χ1v) is 22.8. The summed E-state index contributed by atoms with van der Waals surface area (Å²) >= 11 is 0. The summed E-state index contributed by atoms with van der Waals surface area (Å²) in [6.07, 6.45) is -2.80. The number of esters is 2. The fourth-order valence-corrected chi connectivity index (χ4v) is 7.43. The Kier molecular flexibility index (Phi) is 25.7. The average Bonchev–Trinajstić information content (AvgIpc) is 3.12. The third-order valence-electron chi connectivity index (χ3n) is 8.00. The molecule has 4 unspecified atom stereocenters. The Bertz CT molecular complexity index is 1650. The molecule has 8 atom stereocenters. The van der Waals surface area contributed by atoms with Crippen LogP contribution in [0.2, 0.25) is 0 Å². The lowest BCUT2D eigenvalue weighted by Gasteiger charge is -2.44. The van der Waals surface area contributed by atoms with Gasteiger partial charge in [-0.15, -0.1) is 0 Å². The summed E-state index contributed by atoms with van der Waals surface area (Å²) in [6, 6.07) is 0. The molecule has 22 heteroatoms. The van der Waals surface area contributed by atoms with Crippen molar-refractivity contribution >= 4 is 35.4 Å². The molecule has 1 aliphatic rings. The molecular weight excluding hydrogens is 817 g/mol. The molecule has 1 aliphatic carbocycles. The number of rotatable bonds is 26. The Morgan fingerprint density at radius 2 is 1.05 bits per heavy atom. The van der Waals surface area contributed by atoms with Gasteiger partial charge in [0.25, 0.3) is 0 Å². The first-order valence-electron chi connectivity index (χ1n) is 18.3. The van der Waals surface area contributed by atoms with Gasteiger partial charge in [0.1, 0.15) is 43.2 Å². The zero-order chi connectivity index (χ0) is 42.9. The van der Waals surface area contributed by atoms with Crippen molar-refractivity contribution < 1.29 is 90.6 Å². The van der Waals surface area contributed by atoms with Crippen molar-refractivity contribution in [2.75, 3.05) is 13.2 Å². The third-order valence-corrected chi connectivity index (χ3v) is 10.0. The molecule has 0 aromatic carbocycles. The molecule has 0 spiro atoms. The highest BCUT2D eigenvalue weighted by Gasteiger charge is 2.56. The van der Waals surface area contributed by atoms with Crippen LogP contribution < -0.4 is 0 Å². The van der Waals surface area contributed by atoms with E-state index in [-0.39, 0.29) is 6.42 Å². The molecule has 0 aromatic heterocycles. The zero-order valence-corrected chi connectivity index (χ0v) is 34.4. The van der Waals surface area contributed by atoms with E-state index in [1.165, 1.54) is 44.9 Å². The Balaban J connectivity index is 2.91. The van der Waals surface area contributed by atoms with Crippen molar-refractivity contribution in [2.45, 2.75) is 146 Å². The molecule has 0 aliphatic heterocycles. The summed E-state index contributed by atoms with van der Waals surface area (Å²) in [5, 5.41) is 31.6. The number of phosphoric acid groups is 3. The van der Waals surface area contributed by atoms with Gasteiger partial charge in [-0.25, -0.2) is 18.5 Å². The minimum Gasteiger partial charge on any atom is -0.456 e. The normalized spacial score (nSPS) is 22.1. The maximum Gasteiger partial charge on any atom is 0.472 e. The summed E-state index contributed by atoms with van der Waals surface area (Å²) in [6.45, 7) is 1.99. The fraction of sp³-hybridized carbons (Fsp3) is 0.714. The van der Waals surface area contributed by atoms with E-state index >= 15 is 0 Å². The van der Waals surface area contributed by atoms with Crippen LogP contribution in [0.15, 0.2) is 0 Å². The molecule has 1 saturated carbocycles. The van der Waals surface area contributed by atoms with Crippen molar-refractivity contribution in [3.63, 3.8) is 0 Å². The highest BCUT2D eigenvalue weighted by Crippen LogP contribution is 2.51. The number of hydrogen-bond acceptors (Lipinski definition) is 14. The van der Waals surface area contributed by atoms with Gasteiger partial charge in [-0.1, -0.05) is 89.9 Å². The molecule has 1 fully saturated rings. The predicted molar refractivity (Wildman–Crippen MR) is 200 cm³/mol. The Labute approximate surface area is 332 Å². The Morgan fingerprint density at radius 3 is 1.56 bits per heavy atom. The van der Waals surface area contributed by atoms with Crippen molar-refractivity contribution in [1.82, 2.24) is 0 Å². The van der Waals surface area contributed by atoms with E-state index in [2.05, 4.69) is 57.4 Å². The van der Waals surface area contributed by atoms with E-state index in [1.807, 2.05) is 5.92 Å².